The number of benzene rings is 1. The van der Waals surface area contributed by atoms with Crippen molar-refractivity contribution in [1.82, 2.24) is 0 Å². The largest absolute Gasteiger partial charge is 0.450 e. The van der Waals surface area contributed by atoms with Crippen LogP contribution in [-0.4, -0.2) is 0 Å². The van der Waals surface area contributed by atoms with Crippen LogP contribution in [0.1, 0.15) is 11.3 Å². The zero-order valence-electron chi connectivity index (χ0n) is 8.65. The molecule has 2 rings (SSSR count). The van der Waals surface area contributed by atoms with E-state index in [2.05, 4.69) is 22.0 Å². The van der Waals surface area contributed by atoms with Crippen LogP contribution in [-0.2, 0) is 0 Å². The minimum Gasteiger partial charge on any atom is -0.450 e. The molecular formula is C13H7BrClNO. The van der Waals surface area contributed by atoms with Crippen LogP contribution >= 0.6 is 27.5 Å². The van der Waals surface area contributed by atoms with Crippen molar-refractivity contribution in [2.75, 3.05) is 0 Å². The first-order chi connectivity index (χ1) is 8.19. The van der Waals surface area contributed by atoms with Gasteiger partial charge in [0.15, 0.2) is 4.67 Å². The van der Waals surface area contributed by atoms with Crippen molar-refractivity contribution in [1.29, 1.82) is 5.26 Å². The van der Waals surface area contributed by atoms with Crippen molar-refractivity contribution >= 4 is 39.2 Å². The number of rotatable bonds is 2. The van der Waals surface area contributed by atoms with Gasteiger partial charge in [0.2, 0.25) is 0 Å². The van der Waals surface area contributed by atoms with Crippen molar-refractivity contribution in [2.24, 2.45) is 0 Å². The number of hydrogen-bond acceptors (Lipinski definition) is 2. The lowest BCUT2D eigenvalue weighted by atomic mass is 10.1. The van der Waals surface area contributed by atoms with Gasteiger partial charge in [-0.15, -0.1) is 0 Å². The van der Waals surface area contributed by atoms with E-state index in [1.54, 1.807) is 42.5 Å². The van der Waals surface area contributed by atoms with Gasteiger partial charge in [-0.1, -0.05) is 23.7 Å². The lowest BCUT2D eigenvalue weighted by molar-refractivity contribution is 0.532. The molecule has 0 unspecified atom stereocenters. The van der Waals surface area contributed by atoms with Gasteiger partial charge in [-0.25, -0.2) is 0 Å². The quantitative estimate of drug-likeness (QED) is 0.750. The van der Waals surface area contributed by atoms with Crippen molar-refractivity contribution in [3.8, 4) is 6.07 Å². The Kier molecular flexibility index (Phi) is 3.68. The third kappa shape index (κ3) is 3.00. The molecule has 0 N–H and O–H groups in total. The summed E-state index contributed by atoms with van der Waals surface area (Å²) >= 11 is 9.01. The van der Waals surface area contributed by atoms with E-state index in [4.69, 9.17) is 21.3 Å². The van der Waals surface area contributed by atoms with Crippen LogP contribution in [0.5, 0.6) is 0 Å². The Morgan fingerprint density at radius 3 is 2.47 bits per heavy atom. The lowest BCUT2D eigenvalue weighted by Crippen LogP contribution is -1.80. The summed E-state index contributed by atoms with van der Waals surface area (Å²) in [5.41, 5.74) is 1.34. The predicted octanol–water partition coefficient (Wildman–Crippen LogP) is 4.76. The van der Waals surface area contributed by atoms with Gasteiger partial charge in [-0.3, -0.25) is 0 Å². The van der Waals surface area contributed by atoms with E-state index in [1.165, 1.54) is 0 Å². The zero-order valence-corrected chi connectivity index (χ0v) is 11.0. The smallest absolute Gasteiger partial charge is 0.169 e. The molecule has 2 nitrogen and oxygen atoms in total. The molecule has 84 valence electrons. The molecule has 2 aromatic rings. The second-order valence-corrected chi connectivity index (χ2v) is 4.54. The number of hydrogen-bond donors (Lipinski definition) is 0. The Morgan fingerprint density at radius 2 is 1.94 bits per heavy atom. The van der Waals surface area contributed by atoms with E-state index in [0.29, 0.717) is 21.0 Å². The van der Waals surface area contributed by atoms with Gasteiger partial charge in [0.05, 0.1) is 11.6 Å². The van der Waals surface area contributed by atoms with Crippen molar-refractivity contribution in [3.63, 3.8) is 0 Å². The van der Waals surface area contributed by atoms with Crippen molar-refractivity contribution in [3.05, 3.63) is 57.4 Å². The molecule has 0 radical (unpaired) electrons. The lowest BCUT2D eigenvalue weighted by Gasteiger charge is -1.98. The molecule has 1 aromatic carbocycles. The van der Waals surface area contributed by atoms with Crippen LogP contribution in [0, 0.1) is 11.3 Å². The Morgan fingerprint density at radius 1 is 1.24 bits per heavy atom. The molecule has 0 aliphatic carbocycles. The minimum absolute atomic E-state index is 0.531. The number of nitrogens with zero attached hydrogens (tertiary/aromatic N) is 1. The number of furan rings is 1. The van der Waals surface area contributed by atoms with E-state index >= 15 is 0 Å². The summed E-state index contributed by atoms with van der Waals surface area (Å²) < 4.78 is 5.96. The first-order valence-corrected chi connectivity index (χ1v) is 5.99. The van der Waals surface area contributed by atoms with E-state index in [9.17, 15) is 0 Å². The standard InChI is InChI=1S/C13H7BrClNO/c14-13-6-5-12(17-13)7-10(8-16)9-1-3-11(15)4-2-9/h1-7H. The van der Waals surface area contributed by atoms with Gasteiger partial charge in [0.1, 0.15) is 5.76 Å². The van der Waals surface area contributed by atoms with Gasteiger partial charge in [-0.05, 0) is 51.8 Å². The minimum atomic E-state index is 0.531. The van der Waals surface area contributed by atoms with Crippen LogP contribution in [0.25, 0.3) is 11.6 Å². The van der Waals surface area contributed by atoms with Gasteiger partial charge in [0, 0.05) is 5.02 Å². The fourth-order valence-electron chi connectivity index (χ4n) is 1.36. The molecule has 0 saturated carbocycles. The molecule has 0 saturated heterocycles. The van der Waals surface area contributed by atoms with Gasteiger partial charge in [-0.2, -0.15) is 5.26 Å². The maximum Gasteiger partial charge on any atom is 0.169 e. The fourth-order valence-corrected chi connectivity index (χ4v) is 1.80. The van der Waals surface area contributed by atoms with E-state index < -0.39 is 0 Å². The van der Waals surface area contributed by atoms with Crippen molar-refractivity contribution in [2.45, 2.75) is 0 Å². The summed E-state index contributed by atoms with van der Waals surface area (Å²) in [6, 6.07) is 12.8. The maximum absolute atomic E-state index is 9.11. The third-order valence-electron chi connectivity index (χ3n) is 2.16. The number of allylic oxidation sites excluding steroid dienone is 1. The highest BCUT2D eigenvalue weighted by Crippen LogP contribution is 2.22. The molecular weight excluding hydrogens is 302 g/mol. The van der Waals surface area contributed by atoms with Crippen molar-refractivity contribution < 1.29 is 4.42 Å². The Balaban J connectivity index is 2.37. The molecule has 4 heteroatoms. The summed E-state index contributed by atoms with van der Waals surface area (Å²) in [6.07, 6.45) is 1.69. The molecule has 0 amide bonds. The zero-order chi connectivity index (χ0) is 12.3. The molecule has 0 spiro atoms. The normalized spacial score (nSPS) is 11.2. The highest BCUT2D eigenvalue weighted by Gasteiger charge is 2.03. The SMILES string of the molecule is N#CC(=Cc1ccc(Br)o1)c1ccc(Cl)cc1. The molecule has 17 heavy (non-hydrogen) atoms. The van der Waals surface area contributed by atoms with Crippen LogP contribution in [0.2, 0.25) is 5.02 Å². The van der Waals surface area contributed by atoms with E-state index in [-0.39, 0.29) is 0 Å². The fraction of sp³-hybridized carbons (Fsp3) is 0. The summed E-state index contributed by atoms with van der Waals surface area (Å²) in [4.78, 5) is 0. The molecule has 1 aromatic heterocycles. The maximum atomic E-state index is 9.11. The van der Waals surface area contributed by atoms with Gasteiger partial charge in [0.25, 0.3) is 0 Å². The number of halogens is 2. The van der Waals surface area contributed by atoms with Crippen LogP contribution in [0.3, 0.4) is 0 Å². The second-order valence-electron chi connectivity index (χ2n) is 3.32. The first-order valence-electron chi connectivity index (χ1n) is 4.82. The third-order valence-corrected chi connectivity index (χ3v) is 2.83. The molecule has 0 aliphatic heterocycles. The van der Waals surface area contributed by atoms with Gasteiger partial charge >= 0.3 is 0 Å². The van der Waals surface area contributed by atoms with Crippen LogP contribution in [0.4, 0.5) is 0 Å². The van der Waals surface area contributed by atoms with Crippen LogP contribution in [0.15, 0.2) is 45.5 Å². The molecule has 0 atom stereocenters. The number of nitriles is 1. The highest BCUT2D eigenvalue weighted by molar-refractivity contribution is 9.10. The highest BCUT2D eigenvalue weighted by atomic mass is 79.9. The Labute approximate surface area is 112 Å². The van der Waals surface area contributed by atoms with Gasteiger partial charge < -0.3 is 4.42 Å². The predicted molar refractivity (Wildman–Crippen MR) is 71.3 cm³/mol. The molecule has 0 fully saturated rings. The van der Waals surface area contributed by atoms with E-state index in [1.807, 2.05) is 0 Å². The average Bonchev–Trinajstić information content (AvgIpc) is 2.73. The Hall–Kier alpha value is -1.50. The molecule has 0 aliphatic rings. The Bertz CT molecular complexity index is 593. The molecule has 1 heterocycles. The topological polar surface area (TPSA) is 36.9 Å². The molecule has 0 bridgehead atoms. The second kappa shape index (κ2) is 5.22. The average molecular weight is 309 g/mol. The van der Waals surface area contributed by atoms with Crippen LogP contribution < -0.4 is 0 Å². The summed E-state index contributed by atoms with van der Waals surface area (Å²) in [7, 11) is 0. The monoisotopic (exact) mass is 307 g/mol. The summed E-state index contributed by atoms with van der Waals surface area (Å²) in [5.74, 6) is 0.628. The summed E-state index contributed by atoms with van der Waals surface area (Å²) in [5, 5.41) is 9.76. The van der Waals surface area contributed by atoms with E-state index in [0.717, 1.165) is 5.56 Å². The summed E-state index contributed by atoms with van der Waals surface area (Å²) in [6.45, 7) is 0. The first kappa shape index (κ1) is 12.0.